The predicted octanol–water partition coefficient (Wildman–Crippen LogP) is 1.41. The molecule has 1 aromatic rings. The number of carbonyl (C=O) groups is 2. The van der Waals surface area contributed by atoms with Crippen molar-refractivity contribution in [2.45, 2.75) is 26.2 Å². The summed E-state index contributed by atoms with van der Waals surface area (Å²) >= 11 is 0. The molecular formula is C18H25N3O2. The van der Waals surface area contributed by atoms with E-state index in [1.807, 2.05) is 29.2 Å². The molecule has 5 heteroatoms. The predicted molar refractivity (Wildman–Crippen MR) is 90.0 cm³/mol. The normalized spacial score (nSPS) is 24.5. The topological polar surface area (TPSA) is 66.6 Å². The van der Waals surface area contributed by atoms with E-state index in [9.17, 15) is 9.59 Å². The second-order valence-electron chi connectivity index (χ2n) is 6.60. The van der Waals surface area contributed by atoms with Crippen molar-refractivity contribution in [2.24, 2.45) is 17.6 Å². The van der Waals surface area contributed by atoms with Gasteiger partial charge in [0.15, 0.2) is 0 Å². The van der Waals surface area contributed by atoms with Gasteiger partial charge in [-0.25, -0.2) is 0 Å². The van der Waals surface area contributed by atoms with Gasteiger partial charge in [-0.2, -0.15) is 0 Å². The molecule has 124 valence electrons. The number of benzene rings is 1. The summed E-state index contributed by atoms with van der Waals surface area (Å²) in [7, 11) is 0. The molecule has 2 aliphatic rings. The Morgan fingerprint density at radius 1 is 1.26 bits per heavy atom. The van der Waals surface area contributed by atoms with Crippen LogP contribution >= 0.6 is 0 Å². The van der Waals surface area contributed by atoms with Crippen molar-refractivity contribution in [3.63, 3.8) is 0 Å². The number of nitrogens with two attached hydrogens (primary N) is 1. The summed E-state index contributed by atoms with van der Waals surface area (Å²) in [5.41, 5.74) is 7.83. The van der Waals surface area contributed by atoms with Crippen LogP contribution < -0.4 is 10.6 Å². The number of anilines is 1. The average Bonchev–Trinajstić information content (AvgIpc) is 3.21. The minimum atomic E-state index is -0.218. The highest BCUT2D eigenvalue weighted by Gasteiger charge is 2.38. The minimum Gasteiger partial charge on any atom is -0.342 e. The molecule has 2 saturated heterocycles. The summed E-state index contributed by atoms with van der Waals surface area (Å²) in [6, 6.07) is 8.04. The summed E-state index contributed by atoms with van der Waals surface area (Å²) in [4.78, 5) is 28.6. The van der Waals surface area contributed by atoms with E-state index < -0.39 is 0 Å². The lowest BCUT2D eigenvalue weighted by Crippen LogP contribution is -2.36. The third-order valence-electron chi connectivity index (χ3n) is 5.06. The SMILES string of the molecule is CCc1ccc(N2CC(C(=O)N3CCC(CN)C3)CC2=O)cc1. The van der Waals surface area contributed by atoms with E-state index in [0.717, 1.165) is 31.6 Å². The molecule has 2 heterocycles. The van der Waals surface area contributed by atoms with Gasteiger partial charge in [-0.15, -0.1) is 0 Å². The van der Waals surface area contributed by atoms with E-state index in [0.29, 0.717) is 25.4 Å². The zero-order chi connectivity index (χ0) is 16.4. The second kappa shape index (κ2) is 6.71. The fourth-order valence-electron chi connectivity index (χ4n) is 3.52. The first kappa shape index (κ1) is 16.0. The monoisotopic (exact) mass is 315 g/mol. The Kier molecular flexibility index (Phi) is 4.66. The quantitative estimate of drug-likeness (QED) is 0.913. The van der Waals surface area contributed by atoms with Crippen molar-refractivity contribution < 1.29 is 9.59 Å². The maximum absolute atomic E-state index is 12.6. The Hall–Kier alpha value is -1.88. The molecule has 1 aromatic carbocycles. The molecule has 0 aliphatic carbocycles. The van der Waals surface area contributed by atoms with Gasteiger partial charge in [0, 0.05) is 31.7 Å². The summed E-state index contributed by atoms with van der Waals surface area (Å²) < 4.78 is 0. The molecule has 0 radical (unpaired) electrons. The first-order valence-corrected chi connectivity index (χ1v) is 8.50. The van der Waals surface area contributed by atoms with Crippen LogP contribution in [0.15, 0.2) is 24.3 Å². The van der Waals surface area contributed by atoms with E-state index >= 15 is 0 Å². The number of hydrogen-bond acceptors (Lipinski definition) is 3. The molecular weight excluding hydrogens is 290 g/mol. The molecule has 3 rings (SSSR count). The maximum Gasteiger partial charge on any atom is 0.228 e. The number of nitrogens with zero attached hydrogens (tertiary/aromatic N) is 2. The number of carbonyl (C=O) groups excluding carboxylic acids is 2. The molecule has 2 aliphatic heterocycles. The maximum atomic E-state index is 12.6. The van der Waals surface area contributed by atoms with Crippen molar-refractivity contribution in [1.82, 2.24) is 4.90 Å². The van der Waals surface area contributed by atoms with Crippen molar-refractivity contribution in [1.29, 1.82) is 0 Å². The third kappa shape index (κ3) is 3.24. The van der Waals surface area contributed by atoms with E-state index in [4.69, 9.17) is 5.73 Å². The first-order chi connectivity index (χ1) is 11.1. The van der Waals surface area contributed by atoms with Crippen molar-refractivity contribution >= 4 is 17.5 Å². The number of likely N-dealkylation sites (tertiary alicyclic amines) is 1. The molecule has 2 atom stereocenters. The van der Waals surface area contributed by atoms with Gasteiger partial charge in [-0.05, 0) is 43.0 Å². The summed E-state index contributed by atoms with van der Waals surface area (Å²) in [6.45, 7) is 4.74. The van der Waals surface area contributed by atoms with E-state index in [-0.39, 0.29) is 17.7 Å². The van der Waals surface area contributed by atoms with E-state index in [2.05, 4.69) is 6.92 Å². The van der Waals surface area contributed by atoms with E-state index in [1.54, 1.807) is 4.90 Å². The van der Waals surface area contributed by atoms with Crippen molar-refractivity contribution in [3.05, 3.63) is 29.8 Å². The van der Waals surface area contributed by atoms with Crippen LogP contribution in [-0.4, -0.2) is 42.9 Å². The lowest BCUT2D eigenvalue weighted by Gasteiger charge is -2.21. The first-order valence-electron chi connectivity index (χ1n) is 8.50. The van der Waals surface area contributed by atoms with Crippen LogP contribution in [-0.2, 0) is 16.0 Å². The van der Waals surface area contributed by atoms with Gasteiger partial charge in [0.1, 0.15) is 0 Å². The molecule has 23 heavy (non-hydrogen) atoms. The van der Waals surface area contributed by atoms with Gasteiger partial charge in [0.05, 0.1) is 5.92 Å². The largest absolute Gasteiger partial charge is 0.342 e. The molecule has 5 nitrogen and oxygen atoms in total. The van der Waals surface area contributed by atoms with Crippen LogP contribution in [0.5, 0.6) is 0 Å². The second-order valence-corrected chi connectivity index (χ2v) is 6.60. The van der Waals surface area contributed by atoms with Crippen LogP contribution in [0.1, 0.15) is 25.3 Å². The molecule has 0 spiro atoms. The van der Waals surface area contributed by atoms with Crippen molar-refractivity contribution in [3.8, 4) is 0 Å². The molecule has 0 saturated carbocycles. The van der Waals surface area contributed by atoms with E-state index in [1.165, 1.54) is 5.56 Å². The fraction of sp³-hybridized carbons (Fsp3) is 0.556. The molecule has 0 aromatic heterocycles. The van der Waals surface area contributed by atoms with Gasteiger partial charge in [0.2, 0.25) is 11.8 Å². The Bertz CT molecular complexity index is 584. The number of amides is 2. The molecule has 0 bridgehead atoms. The Morgan fingerprint density at radius 2 is 2.00 bits per heavy atom. The van der Waals surface area contributed by atoms with Crippen LogP contribution in [0.4, 0.5) is 5.69 Å². The number of rotatable bonds is 4. The smallest absolute Gasteiger partial charge is 0.228 e. The number of hydrogen-bond donors (Lipinski definition) is 1. The van der Waals surface area contributed by atoms with Crippen LogP contribution in [0.25, 0.3) is 0 Å². The highest BCUT2D eigenvalue weighted by atomic mass is 16.2. The van der Waals surface area contributed by atoms with Crippen LogP contribution in [0.2, 0.25) is 0 Å². The molecule has 2 amide bonds. The van der Waals surface area contributed by atoms with Crippen molar-refractivity contribution in [2.75, 3.05) is 31.1 Å². The molecule has 2 unspecified atom stereocenters. The molecule has 2 N–H and O–H groups in total. The zero-order valence-corrected chi connectivity index (χ0v) is 13.7. The van der Waals surface area contributed by atoms with Gasteiger partial charge in [-0.3, -0.25) is 9.59 Å². The lowest BCUT2D eigenvalue weighted by atomic mass is 10.1. The highest BCUT2D eigenvalue weighted by molar-refractivity contribution is 6.00. The Morgan fingerprint density at radius 3 is 2.61 bits per heavy atom. The summed E-state index contributed by atoms with van der Waals surface area (Å²) in [5, 5.41) is 0. The summed E-state index contributed by atoms with van der Waals surface area (Å²) in [5.74, 6) is 0.350. The fourth-order valence-corrected chi connectivity index (χ4v) is 3.52. The van der Waals surface area contributed by atoms with Gasteiger partial charge in [0.25, 0.3) is 0 Å². The zero-order valence-electron chi connectivity index (χ0n) is 13.7. The Labute approximate surface area is 137 Å². The van der Waals surface area contributed by atoms with Gasteiger partial charge >= 0.3 is 0 Å². The van der Waals surface area contributed by atoms with Gasteiger partial charge < -0.3 is 15.5 Å². The highest BCUT2D eigenvalue weighted by Crippen LogP contribution is 2.28. The van der Waals surface area contributed by atoms with Gasteiger partial charge in [-0.1, -0.05) is 19.1 Å². The lowest BCUT2D eigenvalue weighted by molar-refractivity contribution is -0.134. The van der Waals surface area contributed by atoms with Crippen LogP contribution in [0.3, 0.4) is 0 Å². The third-order valence-corrected chi connectivity index (χ3v) is 5.06. The minimum absolute atomic E-state index is 0.0437. The number of aryl methyl sites for hydroxylation is 1. The summed E-state index contributed by atoms with van der Waals surface area (Å²) in [6.07, 6.45) is 2.27. The molecule has 2 fully saturated rings. The van der Waals surface area contributed by atoms with Crippen LogP contribution in [0, 0.1) is 11.8 Å². The standard InChI is InChI=1S/C18H25N3O2/c1-2-13-3-5-16(6-4-13)21-12-15(9-17(21)22)18(23)20-8-7-14(10-19)11-20/h3-6,14-15H,2,7-12,19H2,1H3. The Balaban J connectivity index is 1.66. The average molecular weight is 315 g/mol.